The summed E-state index contributed by atoms with van der Waals surface area (Å²) in [6.45, 7) is 61.5. The molecule has 0 spiro atoms. The summed E-state index contributed by atoms with van der Waals surface area (Å²) in [7, 11) is -8.53. The number of aryl methyl sites for hydroxylation is 4. The first-order valence-corrected chi connectivity index (χ1v) is 34.2. The van der Waals surface area contributed by atoms with Gasteiger partial charge in [0.15, 0.2) is 0 Å². The molecule has 0 saturated heterocycles. The molecule has 0 aliphatic carbocycles. The van der Waals surface area contributed by atoms with Gasteiger partial charge in [-0.3, -0.25) is 0 Å². The Bertz CT molecular complexity index is 3020. The largest absolute Gasteiger partial charge is 0.462 e. The molecular weight excluding hydrogens is 1070 g/mol. The van der Waals surface area contributed by atoms with E-state index in [4.69, 9.17) is 18.1 Å². The molecule has 0 atom stereocenters. The van der Waals surface area contributed by atoms with Gasteiger partial charge in [0, 0.05) is 22.3 Å². The third kappa shape index (κ3) is 15.2. The van der Waals surface area contributed by atoms with Gasteiger partial charge in [-0.25, -0.2) is 9.13 Å². The topological polar surface area (TPSA) is 71.1 Å². The standard InChI is InChI=1S/C76H108O6P2/c1-29-49-41-55(69(5,6)7)45-61(65(49)73(17,18)19)79-83(77,80-62-46-56(70(8,9)10)42-50(30-2)66(62)74(20,21)22)59-37-33-53(34-38-59)54-35-39-60(40-36-54)84(78,81-63-47-57(71(11,12)13)43-51(31-3)67(63)75(23,24)25)82-64-48-58(72(14,15)16)44-52(32-4)68(64)76(26,27)28/h33-48H,29-32H2,1-28H3. The van der Waals surface area contributed by atoms with Crippen molar-refractivity contribution in [3.63, 3.8) is 0 Å². The number of hydrogen-bond donors (Lipinski definition) is 0. The van der Waals surface area contributed by atoms with Crippen molar-refractivity contribution in [3.05, 3.63) is 164 Å². The average Bonchev–Trinajstić information content (AvgIpc) is 0.909. The molecule has 0 radical (unpaired) electrons. The van der Waals surface area contributed by atoms with Crippen LogP contribution in [0.4, 0.5) is 0 Å². The Balaban J connectivity index is 1.59. The minimum Gasteiger partial charge on any atom is -0.412 e. The van der Waals surface area contributed by atoms with Gasteiger partial charge in [0.2, 0.25) is 0 Å². The Hall–Kier alpha value is -5.02. The van der Waals surface area contributed by atoms with Crippen molar-refractivity contribution in [2.45, 2.75) is 263 Å². The summed E-state index contributed by atoms with van der Waals surface area (Å²) >= 11 is 0. The molecule has 0 heterocycles. The monoisotopic (exact) mass is 1180 g/mol. The van der Waals surface area contributed by atoms with E-state index in [2.05, 4.69) is 242 Å². The minimum atomic E-state index is -4.26. The number of hydrogen-bond acceptors (Lipinski definition) is 6. The zero-order chi connectivity index (χ0) is 63.5. The van der Waals surface area contributed by atoms with E-state index in [1.165, 1.54) is 0 Å². The van der Waals surface area contributed by atoms with Crippen LogP contribution in [-0.2, 0) is 78.1 Å². The molecule has 6 nitrogen and oxygen atoms in total. The molecular formula is C76H108O6P2. The molecule has 8 heteroatoms. The van der Waals surface area contributed by atoms with Gasteiger partial charge in [0.05, 0.1) is 10.6 Å². The van der Waals surface area contributed by atoms with Gasteiger partial charge in [-0.1, -0.05) is 242 Å². The molecule has 6 aromatic carbocycles. The normalized spacial score (nSPS) is 13.5. The van der Waals surface area contributed by atoms with Gasteiger partial charge in [0.25, 0.3) is 0 Å². The molecule has 0 aliphatic rings. The van der Waals surface area contributed by atoms with Crippen LogP contribution in [-0.4, -0.2) is 0 Å². The maximum absolute atomic E-state index is 16.6. The molecule has 84 heavy (non-hydrogen) atoms. The van der Waals surface area contributed by atoms with Gasteiger partial charge >= 0.3 is 15.2 Å². The van der Waals surface area contributed by atoms with Crippen molar-refractivity contribution in [2.75, 3.05) is 0 Å². The molecule has 0 unspecified atom stereocenters. The highest BCUT2D eigenvalue weighted by Crippen LogP contribution is 2.56. The lowest BCUT2D eigenvalue weighted by atomic mass is 9.78. The van der Waals surface area contributed by atoms with Crippen LogP contribution in [0.5, 0.6) is 23.0 Å². The third-order valence-electron chi connectivity index (χ3n) is 16.3. The van der Waals surface area contributed by atoms with Crippen LogP contribution in [0.1, 0.15) is 261 Å². The van der Waals surface area contributed by atoms with E-state index < -0.39 is 15.2 Å². The fourth-order valence-corrected chi connectivity index (χ4v) is 14.8. The van der Waals surface area contributed by atoms with Gasteiger partial charge < -0.3 is 18.1 Å². The van der Waals surface area contributed by atoms with Crippen molar-refractivity contribution < 1.29 is 27.2 Å². The highest BCUT2D eigenvalue weighted by Gasteiger charge is 2.41. The molecule has 0 saturated carbocycles. The van der Waals surface area contributed by atoms with Gasteiger partial charge in [-0.2, -0.15) is 0 Å². The van der Waals surface area contributed by atoms with Crippen LogP contribution < -0.4 is 28.7 Å². The van der Waals surface area contributed by atoms with Gasteiger partial charge in [0.1, 0.15) is 23.0 Å². The highest BCUT2D eigenvalue weighted by atomic mass is 31.2. The Morgan fingerprint density at radius 2 is 0.452 bits per heavy atom. The lowest BCUT2D eigenvalue weighted by molar-refractivity contribution is 0.383. The molecule has 0 aromatic heterocycles. The zero-order valence-electron chi connectivity index (χ0n) is 57.4. The van der Waals surface area contributed by atoms with Gasteiger partial charge in [-0.05, 0) is 173 Å². The van der Waals surface area contributed by atoms with E-state index in [1.807, 2.05) is 48.5 Å². The van der Waals surface area contributed by atoms with Gasteiger partial charge in [-0.15, -0.1) is 0 Å². The SMILES string of the molecule is CCc1cc(C(C)(C)C)cc(OP(=O)(Oc2cc(C(C)(C)C)cc(CC)c2C(C)(C)C)c2ccc(-c3ccc(P(=O)(Oc4cc(C(C)(C)C)cc(CC)c4C(C)(C)C)Oc4cc(C(C)(C)C)cc(CC)c4C(C)(C)C)cc3)cc2)c1C(C)(C)C. The zero-order valence-corrected chi connectivity index (χ0v) is 59.2. The average molecular weight is 1180 g/mol. The fourth-order valence-electron chi connectivity index (χ4n) is 11.7. The summed E-state index contributed by atoms with van der Waals surface area (Å²) in [4.78, 5) is 0. The third-order valence-corrected chi connectivity index (χ3v) is 19.9. The Morgan fingerprint density at radius 1 is 0.274 bits per heavy atom. The van der Waals surface area contributed by atoms with Crippen molar-refractivity contribution in [2.24, 2.45) is 0 Å². The smallest absolute Gasteiger partial charge is 0.412 e. The Labute approximate surface area is 511 Å². The maximum Gasteiger partial charge on any atom is 0.462 e. The van der Waals surface area contributed by atoms with Crippen LogP contribution in [0.15, 0.2) is 97.1 Å². The van der Waals surface area contributed by atoms with Crippen molar-refractivity contribution in [3.8, 4) is 34.1 Å². The Morgan fingerprint density at radius 3 is 0.595 bits per heavy atom. The van der Waals surface area contributed by atoms with E-state index in [0.29, 0.717) is 33.6 Å². The van der Waals surface area contributed by atoms with E-state index >= 15 is 9.13 Å². The summed E-state index contributed by atoms with van der Waals surface area (Å²) in [5.74, 6) is 2.28. The quantitative estimate of drug-likeness (QED) is 0.0954. The van der Waals surface area contributed by atoms with Crippen LogP contribution in [0.25, 0.3) is 11.1 Å². The summed E-state index contributed by atoms with van der Waals surface area (Å²) < 4.78 is 62.1. The maximum atomic E-state index is 16.6. The second-order valence-electron chi connectivity index (χ2n) is 31.9. The summed E-state index contributed by atoms with van der Waals surface area (Å²) in [5, 5.41) is 0.869. The van der Waals surface area contributed by atoms with E-state index in [-0.39, 0.29) is 43.3 Å². The molecule has 458 valence electrons. The lowest BCUT2D eigenvalue weighted by Gasteiger charge is -2.33. The van der Waals surface area contributed by atoms with Crippen molar-refractivity contribution in [1.82, 2.24) is 0 Å². The Kier molecular flexibility index (Phi) is 19.4. The summed E-state index contributed by atoms with van der Waals surface area (Å²) in [5.41, 5.74) is 12.6. The molecule has 0 fully saturated rings. The van der Waals surface area contributed by atoms with Crippen molar-refractivity contribution in [1.29, 1.82) is 0 Å². The van der Waals surface area contributed by atoms with Crippen LogP contribution in [0.2, 0.25) is 0 Å². The van der Waals surface area contributed by atoms with E-state index in [0.717, 1.165) is 104 Å². The first-order valence-electron chi connectivity index (χ1n) is 31.1. The molecule has 0 bridgehead atoms. The van der Waals surface area contributed by atoms with E-state index in [1.54, 1.807) is 0 Å². The van der Waals surface area contributed by atoms with Crippen LogP contribution in [0, 0.1) is 0 Å². The molecule has 0 aliphatic heterocycles. The van der Waals surface area contributed by atoms with Crippen LogP contribution in [0.3, 0.4) is 0 Å². The second-order valence-corrected chi connectivity index (χ2v) is 35.7. The fraction of sp³-hybridized carbons (Fsp3) is 0.526. The van der Waals surface area contributed by atoms with E-state index in [9.17, 15) is 0 Å². The molecule has 0 amide bonds. The van der Waals surface area contributed by atoms with Crippen LogP contribution >= 0.6 is 15.2 Å². The first-order chi connectivity index (χ1) is 38.2. The molecule has 6 aromatic rings. The predicted molar refractivity (Wildman–Crippen MR) is 362 cm³/mol. The summed E-state index contributed by atoms with van der Waals surface area (Å²) in [6.07, 6.45) is 3.13. The first kappa shape index (κ1) is 68.1. The number of rotatable bonds is 15. The van der Waals surface area contributed by atoms with Crippen molar-refractivity contribution >= 4 is 25.8 Å². The highest BCUT2D eigenvalue weighted by molar-refractivity contribution is 7.63. The lowest BCUT2D eigenvalue weighted by Crippen LogP contribution is -2.23. The minimum absolute atomic E-state index is 0.209. The molecule has 0 N–H and O–H groups in total. The summed E-state index contributed by atoms with van der Waals surface area (Å²) in [6, 6.07) is 33.0. The second kappa shape index (κ2) is 23.9. The number of benzene rings is 6. The predicted octanol–water partition coefficient (Wildman–Crippen LogP) is 21.9. The molecule has 6 rings (SSSR count).